The monoisotopic (exact) mass is 276 g/mol. The van der Waals surface area contributed by atoms with Gasteiger partial charge in [-0.05, 0) is 29.3 Å². The van der Waals surface area contributed by atoms with Gasteiger partial charge in [0.05, 0.1) is 6.61 Å². The first-order valence-electron chi connectivity index (χ1n) is 6.63. The Morgan fingerprint density at radius 1 is 1.16 bits per heavy atom. The van der Waals surface area contributed by atoms with Crippen LogP contribution < -0.4 is 4.74 Å². The van der Waals surface area contributed by atoms with Gasteiger partial charge >= 0.3 is 0 Å². The highest BCUT2D eigenvalue weighted by Gasteiger charge is 2.02. The largest absolute Gasteiger partial charge is 0.493 e. The van der Waals surface area contributed by atoms with E-state index in [1.54, 1.807) is 0 Å². The molecule has 102 valence electrons. The van der Waals surface area contributed by atoms with Crippen molar-refractivity contribution >= 4 is 22.5 Å². The molecule has 2 aromatic rings. The fourth-order valence-electron chi connectivity index (χ4n) is 1.93. The van der Waals surface area contributed by atoms with Gasteiger partial charge in [-0.25, -0.2) is 0 Å². The van der Waals surface area contributed by atoms with Crippen molar-refractivity contribution in [3.63, 3.8) is 0 Å². The zero-order valence-electron chi connectivity index (χ0n) is 11.2. The molecule has 1 atom stereocenters. The van der Waals surface area contributed by atoms with Crippen LogP contribution in [0.15, 0.2) is 42.5 Å². The van der Waals surface area contributed by atoms with Crippen LogP contribution in [0.3, 0.4) is 0 Å². The topological polar surface area (TPSA) is 29.5 Å². The van der Waals surface area contributed by atoms with Gasteiger partial charge < -0.3 is 9.84 Å². The van der Waals surface area contributed by atoms with E-state index in [1.807, 2.05) is 30.0 Å². The molecular weight excluding hydrogens is 256 g/mol. The molecule has 2 rings (SSSR count). The van der Waals surface area contributed by atoms with Crippen molar-refractivity contribution in [2.24, 2.45) is 0 Å². The molecule has 0 aliphatic rings. The molecule has 0 aromatic heterocycles. The molecule has 1 unspecified atom stereocenters. The van der Waals surface area contributed by atoms with E-state index < -0.39 is 0 Å². The maximum Gasteiger partial charge on any atom is 0.119 e. The number of fused-ring (bicyclic) bond motifs is 1. The summed E-state index contributed by atoms with van der Waals surface area (Å²) >= 11 is 1.84. The van der Waals surface area contributed by atoms with Crippen molar-refractivity contribution in [3.8, 4) is 5.75 Å². The Balaban J connectivity index is 1.81. The molecular formula is C16H20O2S. The van der Waals surface area contributed by atoms with Gasteiger partial charge in [-0.1, -0.05) is 37.3 Å². The molecule has 0 fully saturated rings. The minimum atomic E-state index is 0.264. The number of thioether (sulfide) groups is 1. The van der Waals surface area contributed by atoms with Crippen molar-refractivity contribution in [3.05, 3.63) is 42.5 Å². The highest BCUT2D eigenvalue weighted by atomic mass is 32.2. The van der Waals surface area contributed by atoms with Crippen LogP contribution in [-0.4, -0.2) is 29.3 Å². The van der Waals surface area contributed by atoms with E-state index >= 15 is 0 Å². The fourth-order valence-corrected chi connectivity index (χ4v) is 2.79. The normalized spacial score (nSPS) is 12.5. The Morgan fingerprint density at radius 3 is 2.74 bits per heavy atom. The van der Waals surface area contributed by atoms with Gasteiger partial charge in [0.1, 0.15) is 5.75 Å². The number of aliphatic hydroxyl groups is 1. The Kier molecular flexibility index (Phi) is 5.55. The molecule has 1 N–H and O–H groups in total. The number of hydrogen-bond donors (Lipinski definition) is 1. The van der Waals surface area contributed by atoms with E-state index in [4.69, 9.17) is 9.84 Å². The van der Waals surface area contributed by atoms with E-state index in [1.165, 1.54) is 10.8 Å². The minimum absolute atomic E-state index is 0.264. The van der Waals surface area contributed by atoms with Crippen LogP contribution in [0.1, 0.15) is 13.3 Å². The summed E-state index contributed by atoms with van der Waals surface area (Å²) in [5.41, 5.74) is 0. The second-order valence-corrected chi connectivity index (χ2v) is 6.10. The van der Waals surface area contributed by atoms with E-state index in [0.29, 0.717) is 11.9 Å². The number of aliphatic hydroxyl groups excluding tert-OH is 1. The zero-order valence-corrected chi connectivity index (χ0v) is 12.0. The third-order valence-corrected chi connectivity index (χ3v) is 4.22. The Bertz CT molecular complexity index is 513. The second-order valence-electron chi connectivity index (χ2n) is 4.55. The number of hydrogen-bond acceptors (Lipinski definition) is 3. The smallest absolute Gasteiger partial charge is 0.119 e. The standard InChI is InChI=1S/C16H20O2S/c1-13(8-9-17)19-11-10-18-16-7-6-14-4-2-3-5-15(14)12-16/h2-7,12-13,17H,8-11H2,1H3. The number of ether oxygens (including phenoxy) is 1. The molecule has 2 aromatic carbocycles. The summed E-state index contributed by atoms with van der Waals surface area (Å²) in [7, 11) is 0. The van der Waals surface area contributed by atoms with Gasteiger partial charge in [0.15, 0.2) is 0 Å². The van der Waals surface area contributed by atoms with E-state index in [0.717, 1.165) is 17.9 Å². The van der Waals surface area contributed by atoms with Gasteiger partial charge in [0.25, 0.3) is 0 Å². The third-order valence-electron chi connectivity index (χ3n) is 3.01. The molecule has 0 bridgehead atoms. The van der Waals surface area contributed by atoms with Crippen molar-refractivity contribution in [1.82, 2.24) is 0 Å². The maximum absolute atomic E-state index is 8.83. The lowest BCUT2D eigenvalue weighted by atomic mass is 10.1. The number of benzene rings is 2. The minimum Gasteiger partial charge on any atom is -0.493 e. The molecule has 0 radical (unpaired) electrons. The van der Waals surface area contributed by atoms with Crippen molar-refractivity contribution in [1.29, 1.82) is 0 Å². The van der Waals surface area contributed by atoms with Crippen LogP contribution >= 0.6 is 11.8 Å². The average Bonchev–Trinajstić information content (AvgIpc) is 2.44. The summed E-state index contributed by atoms with van der Waals surface area (Å²) in [6, 6.07) is 14.5. The summed E-state index contributed by atoms with van der Waals surface area (Å²) in [6.07, 6.45) is 0.848. The summed E-state index contributed by atoms with van der Waals surface area (Å²) in [5, 5.41) is 11.8. The van der Waals surface area contributed by atoms with Gasteiger partial charge in [-0.15, -0.1) is 0 Å². The van der Waals surface area contributed by atoms with Crippen molar-refractivity contribution < 1.29 is 9.84 Å². The molecule has 0 amide bonds. The summed E-state index contributed by atoms with van der Waals surface area (Å²) in [4.78, 5) is 0. The first-order valence-corrected chi connectivity index (χ1v) is 7.68. The highest BCUT2D eigenvalue weighted by Crippen LogP contribution is 2.21. The zero-order chi connectivity index (χ0) is 13.5. The molecule has 19 heavy (non-hydrogen) atoms. The van der Waals surface area contributed by atoms with Crippen LogP contribution in [-0.2, 0) is 0 Å². The highest BCUT2D eigenvalue weighted by molar-refractivity contribution is 7.99. The quantitative estimate of drug-likeness (QED) is 0.782. The summed E-state index contributed by atoms with van der Waals surface area (Å²) in [5.74, 6) is 1.88. The van der Waals surface area contributed by atoms with Crippen molar-refractivity contribution in [2.45, 2.75) is 18.6 Å². The molecule has 2 nitrogen and oxygen atoms in total. The van der Waals surface area contributed by atoms with Gasteiger partial charge in [-0.3, -0.25) is 0 Å². The Labute approximate surface area is 118 Å². The fraction of sp³-hybridized carbons (Fsp3) is 0.375. The summed E-state index contributed by atoms with van der Waals surface area (Å²) in [6.45, 7) is 3.11. The summed E-state index contributed by atoms with van der Waals surface area (Å²) < 4.78 is 5.76. The van der Waals surface area contributed by atoms with E-state index in [9.17, 15) is 0 Å². The average molecular weight is 276 g/mol. The van der Waals surface area contributed by atoms with E-state index in [2.05, 4.69) is 31.2 Å². The van der Waals surface area contributed by atoms with Crippen molar-refractivity contribution in [2.75, 3.05) is 19.0 Å². The molecule has 0 aliphatic carbocycles. The van der Waals surface area contributed by atoms with Crippen LogP contribution in [0.4, 0.5) is 0 Å². The second kappa shape index (κ2) is 7.41. The van der Waals surface area contributed by atoms with Crippen LogP contribution in [0, 0.1) is 0 Å². The lowest BCUT2D eigenvalue weighted by molar-refractivity contribution is 0.288. The maximum atomic E-state index is 8.83. The van der Waals surface area contributed by atoms with E-state index in [-0.39, 0.29) is 6.61 Å². The first kappa shape index (κ1) is 14.2. The van der Waals surface area contributed by atoms with Crippen LogP contribution in [0.25, 0.3) is 10.8 Å². The molecule has 0 spiro atoms. The predicted molar refractivity (Wildman–Crippen MR) is 83.1 cm³/mol. The third kappa shape index (κ3) is 4.44. The first-order chi connectivity index (χ1) is 9.29. The van der Waals surface area contributed by atoms with Crippen LogP contribution in [0.2, 0.25) is 0 Å². The molecule has 3 heteroatoms. The Morgan fingerprint density at radius 2 is 1.95 bits per heavy atom. The molecule has 0 saturated carbocycles. The molecule has 0 aliphatic heterocycles. The SMILES string of the molecule is CC(CCO)SCCOc1ccc2ccccc2c1. The number of rotatable bonds is 7. The van der Waals surface area contributed by atoms with Gasteiger partial charge in [0, 0.05) is 17.6 Å². The predicted octanol–water partition coefficient (Wildman–Crippen LogP) is 3.72. The van der Waals surface area contributed by atoms with Gasteiger partial charge in [0.2, 0.25) is 0 Å². The molecule has 0 heterocycles. The lowest BCUT2D eigenvalue weighted by Gasteiger charge is -2.10. The molecule has 0 saturated heterocycles. The lowest BCUT2D eigenvalue weighted by Crippen LogP contribution is -2.06. The Hall–Kier alpha value is -1.19. The van der Waals surface area contributed by atoms with Gasteiger partial charge in [-0.2, -0.15) is 11.8 Å². The van der Waals surface area contributed by atoms with Crippen LogP contribution in [0.5, 0.6) is 5.75 Å².